The van der Waals surface area contributed by atoms with Crippen LogP contribution < -0.4 is 32.7 Å². The van der Waals surface area contributed by atoms with Crippen molar-refractivity contribution in [3.63, 3.8) is 0 Å². The van der Waals surface area contributed by atoms with E-state index in [4.69, 9.17) is 16.6 Å². The van der Waals surface area contributed by atoms with Crippen molar-refractivity contribution >= 4 is 41.5 Å². The first-order valence-electron chi connectivity index (χ1n) is 13.1. The summed E-state index contributed by atoms with van der Waals surface area (Å²) < 4.78 is 0. The van der Waals surface area contributed by atoms with E-state index in [0.717, 1.165) is 0 Å². The number of nitrogens with one attached hydrogen (secondary N) is 4. The molecule has 0 saturated heterocycles. The number of carbonyl (C=O) groups excluding carboxylic acids is 5. The Morgan fingerprint density at radius 3 is 1.52 bits per heavy atom. The van der Waals surface area contributed by atoms with Crippen molar-refractivity contribution < 1.29 is 43.8 Å². The van der Waals surface area contributed by atoms with Gasteiger partial charge >= 0.3 is 11.9 Å². The minimum Gasteiger partial charge on any atom is -0.481 e. The van der Waals surface area contributed by atoms with Crippen LogP contribution in [0.2, 0.25) is 0 Å². The van der Waals surface area contributed by atoms with Crippen LogP contribution >= 0.6 is 0 Å². The van der Waals surface area contributed by atoms with E-state index < -0.39 is 84.0 Å². The van der Waals surface area contributed by atoms with Gasteiger partial charge in [-0.3, -0.25) is 28.8 Å². The Labute approximate surface area is 233 Å². The smallest absolute Gasteiger partial charge is 0.326 e. The van der Waals surface area contributed by atoms with Gasteiger partial charge in [0.15, 0.2) is 0 Å². The van der Waals surface area contributed by atoms with Crippen LogP contribution in [0.1, 0.15) is 67.2 Å². The summed E-state index contributed by atoms with van der Waals surface area (Å²) in [5.74, 6) is -7.69. The van der Waals surface area contributed by atoms with E-state index >= 15 is 0 Å². The fourth-order valence-corrected chi connectivity index (χ4v) is 3.65. The summed E-state index contributed by atoms with van der Waals surface area (Å²) in [5, 5.41) is 27.7. The zero-order valence-corrected chi connectivity index (χ0v) is 23.9. The quantitative estimate of drug-likeness (QED) is 0.0935. The van der Waals surface area contributed by atoms with Gasteiger partial charge in [-0.25, -0.2) is 4.79 Å². The molecule has 15 heteroatoms. The Hall–Kier alpha value is -3.75. The molecule has 0 aliphatic carbocycles. The van der Waals surface area contributed by atoms with Gasteiger partial charge in [0.1, 0.15) is 24.2 Å². The number of amides is 5. The van der Waals surface area contributed by atoms with Gasteiger partial charge < -0.3 is 42.9 Å². The maximum Gasteiger partial charge on any atom is 0.326 e. The summed E-state index contributed by atoms with van der Waals surface area (Å²) in [4.78, 5) is 85.3. The first-order valence-corrected chi connectivity index (χ1v) is 13.1. The average molecular weight is 573 g/mol. The lowest BCUT2D eigenvalue weighted by molar-refractivity contribution is -0.147. The van der Waals surface area contributed by atoms with Crippen LogP contribution in [0.5, 0.6) is 0 Å². The SMILES string of the molecule is CC(C)C[C@H](N)C(=O)N[C@H](C(=O)N[C@H](C(=O)N[C@@H](CCC(N)=O)C(=O)N[C@@H](CC(=O)O)C(=O)O)C(C)C)C(C)C. The average Bonchev–Trinajstić information content (AvgIpc) is 2.80. The minimum absolute atomic E-state index is 0.149. The molecule has 0 unspecified atom stereocenters. The van der Waals surface area contributed by atoms with Crippen molar-refractivity contribution in [2.45, 2.75) is 97.4 Å². The first kappa shape index (κ1) is 36.2. The van der Waals surface area contributed by atoms with Crippen molar-refractivity contribution in [2.75, 3.05) is 0 Å². The van der Waals surface area contributed by atoms with Crippen molar-refractivity contribution in [2.24, 2.45) is 29.2 Å². The standard InChI is InChI=1S/C25H44N6O9/c1-11(2)9-14(26)21(35)30-20(13(5)6)24(38)31-19(12(3)4)23(37)28-15(7-8-17(27)32)22(36)29-16(25(39)40)10-18(33)34/h11-16,19-20H,7-10,26H2,1-6H3,(H2,27,32)(H,28,37)(H,29,36)(H,30,35)(H,31,38)(H,33,34)(H,39,40)/t14-,15-,16-,19-,20-/m0/s1. The van der Waals surface area contributed by atoms with E-state index in [2.05, 4.69) is 16.0 Å². The molecular formula is C25H44N6O9. The maximum atomic E-state index is 13.2. The van der Waals surface area contributed by atoms with Gasteiger partial charge in [0, 0.05) is 6.42 Å². The predicted molar refractivity (Wildman–Crippen MR) is 143 cm³/mol. The normalized spacial score (nSPS) is 14.9. The number of primary amides is 1. The molecule has 0 aliphatic rings. The van der Waals surface area contributed by atoms with E-state index in [9.17, 15) is 38.7 Å². The second kappa shape index (κ2) is 17.0. The Morgan fingerprint density at radius 1 is 0.675 bits per heavy atom. The van der Waals surface area contributed by atoms with Crippen LogP contribution in [-0.4, -0.2) is 81.9 Å². The first-order chi connectivity index (χ1) is 18.4. The number of nitrogens with two attached hydrogens (primary N) is 2. The third-order valence-corrected chi connectivity index (χ3v) is 5.86. The Balaban J connectivity index is 5.78. The minimum atomic E-state index is -1.80. The van der Waals surface area contributed by atoms with Gasteiger partial charge in [0.05, 0.1) is 12.5 Å². The molecule has 5 amide bonds. The molecule has 15 nitrogen and oxygen atoms in total. The lowest BCUT2D eigenvalue weighted by Gasteiger charge is -2.29. The fraction of sp³-hybridized carbons (Fsp3) is 0.720. The lowest BCUT2D eigenvalue weighted by Crippen LogP contribution is -2.60. The van der Waals surface area contributed by atoms with Crippen molar-refractivity contribution in [3.05, 3.63) is 0 Å². The topological polar surface area (TPSA) is 260 Å². The van der Waals surface area contributed by atoms with E-state index in [1.165, 1.54) is 0 Å². The highest BCUT2D eigenvalue weighted by atomic mass is 16.4. The summed E-state index contributed by atoms with van der Waals surface area (Å²) >= 11 is 0. The molecule has 40 heavy (non-hydrogen) atoms. The van der Waals surface area contributed by atoms with Gasteiger partial charge in [-0.2, -0.15) is 0 Å². The number of carboxylic acid groups (broad SMARTS) is 2. The summed E-state index contributed by atoms with van der Waals surface area (Å²) in [5.41, 5.74) is 11.1. The second-order valence-electron chi connectivity index (χ2n) is 10.8. The molecule has 0 aromatic carbocycles. The largest absolute Gasteiger partial charge is 0.481 e. The number of carboxylic acids is 2. The molecule has 10 N–H and O–H groups in total. The van der Waals surface area contributed by atoms with E-state index in [-0.39, 0.29) is 24.7 Å². The molecule has 0 aromatic heterocycles. The van der Waals surface area contributed by atoms with Crippen LogP contribution in [0.25, 0.3) is 0 Å². The number of aliphatic carboxylic acids is 2. The van der Waals surface area contributed by atoms with Gasteiger partial charge in [0.2, 0.25) is 29.5 Å². The van der Waals surface area contributed by atoms with Gasteiger partial charge in [-0.15, -0.1) is 0 Å². The third kappa shape index (κ3) is 13.4. The molecule has 0 heterocycles. The van der Waals surface area contributed by atoms with Crippen LogP contribution in [-0.2, 0) is 33.6 Å². The molecule has 0 radical (unpaired) electrons. The van der Waals surface area contributed by atoms with Crippen LogP contribution in [0.3, 0.4) is 0 Å². The van der Waals surface area contributed by atoms with Crippen LogP contribution in [0.15, 0.2) is 0 Å². The fourth-order valence-electron chi connectivity index (χ4n) is 3.65. The number of hydrogen-bond acceptors (Lipinski definition) is 8. The van der Waals surface area contributed by atoms with Crippen molar-refractivity contribution in [1.29, 1.82) is 0 Å². The lowest BCUT2D eigenvalue weighted by atomic mass is 9.98. The maximum absolute atomic E-state index is 13.2. The summed E-state index contributed by atoms with van der Waals surface area (Å²) in [6.45, 7) is 10.4. The summed E-state index contributed by atoms with van der Waals surface area (Å²) in [6.07, 6.45) is -1.19. The van der Waals surface area contributed by atoms with Crippen LogP contribution in [0.4, 0.5) is 0 Å². The highest BCUT2D eigenvalue weighted by Gasteiger charge is 2.34. The molecule has 5 atom stereocenters. The monoisotopic (exact) mass is 572 g/mol. The summed E-state index contributed by atoms with van der Waals surface area (Å²) in [7, 11) is 0. The number of rotatable bonds is 18. The molecule has 0 aliphatic heterocycles. The van der Waals surface area contributed by atoms with Crippen molar-refractivity contribution in [1.82, 2.24) is 21.3 Å². The molecule has 0 rings (SSSR count). The number of carbonyl (C=O) groups is 7. The van der Waals surface area contributed by atoms with E-state index in [1.54, 1.807) is 27.7 Å². The molecule has 0 spiro atoms. The molecule has 0 aromatic rings. The molecule has 0 bridgehead atoms. The molecule has 228 valence electrons. The van der Waals surface area contributed by atoms with Gasteiger partial charge in [0.25, 0.3) is 0 Å². The molecule has 0 saturated carbocycles. The molecular weight excluding hydrogens is 528 g/mol. The number of hydrogen-bond donors (Lipinski definition) is 8. The predicted octanol–water partition coefficient (Wildman–Crippen LogP) is -1.56. The summed E-state index contributed by atoms with van der Waals surface area (Å²) in [6, 6.07) is -6.33. The Bertz CT molecular complexity index is 938. The zero-order valence-electron chi connectivity index (χ0n) is 23.9. The van der Waals surface area contributed by atoms with E-state index in [1.807, 2.05) is 19.2 Å². The van der Waals surface area contributed by atoms with Crippen molar-refractivity contribution in [3.8, 4) is 0 Å². The van der Waals surface area contributed by atoms with Crippen LogP contribution in [0, 0.1) is 17.8 Å². The Kier molecular flexibility index (Phi) is 15.4. The zero-order chi connectivity index (χ0) is 31.3. The highest BCUT2D eigenvalue weighted by molar-refractivity contribution is 5.96. The van der Waals surface area contributed by atoms with E-state index in [0.29, 0.717) is 6.42 Å². The van der Waals surface area contributed by atoms with Gasteiger partial charge in [-0.05, 0) is 30.6 Å². The molecule has 0 fully saturated rings. The Morgan fingerprint density at radius 2 is 1.12 bits per heavy atom. The third-order valence-electron chi connectivity index (χ3n) is 5.86. The second-order valence-corrected chi connectivity index (χ2v) is 10.8. The van der Waals surface area contributed by atoms with Gasteiger partial charge in [-0.1, -0.05) is 41.5 Å². The highest BCUT2D eigenvalue weighted by Crippen LogP contribution is 2.10.